The molecule has 0 radical (unpaired) electrons. The fraction of sp³-hybridized carbons (Fsp3) is 0.727. The Balaban J connectivity index is 1.46. The molecule has 7 nitrogen and oxygen atoms in total. The number of rotatable bonds is 5. The lowest BCUT2D eigenvalue weighted by atomic mass is 9.97. The third kappa shape index (κ3) is 4.34. The van der Waals surface area contributed by atoms with E-state index in [1.54, 1.807) is 0 Å². The Hall–Kier alpha value is -1.32. The summed E-state index contributed by atoms with van der Waals surface area (Å²) in [7, 11) is 0. The maximum atomic E-state index is 9.74. The second kappa shape index (κ2) is 9.04. The van der Waals surface area contributed by atoms with Crippen LogP contribution in [0.5, 0.6) is 0 Å². The maximum Gasteiger partial charge on any atom is 0.146 e. The van der Waals surface area contributed by atoms with E-state index < -0.39 is 0 Å². The van der Waals surface area contributed by atoms with E-state index >= 15 is 0 Å². The van der Waals surface area contributed by atoms with Gasteiger partial charge in [0.05, 0.1) is 31.2 Å². The third-order valence-electron chi connectivity index (χ3n) is 6.50. The highest BCUT2D eigenvalue weighted by Gasteiger charge is 2.27. The lowest BCUT2D eigenvalue weighted by Gasteiger charge is -2.36. The minimum Gasteiger partial charge on any atom is -0.392 e. The van der Waals surface area contributed by atoms with Crippen molar-refractivity contribution >= 4 is 27.4 Å². The first-order valence-electron chi connectivity index (χ1n) is 11.4. The average Bonchev–Trinajstić information content (AvgIpc) is 3.12. The molecule has 2 saturated heterocycles. The molecule has 2 aromatic heterocycles. The normalized spacial score (nSPS) is 22.4. The molecule has 1 atom stereocenters. The summed E-state index contributed by atoms with van der Waals surface area (Å²) in [6, 6.07) is 0. The number of hydrogen-bond donors (Lipinski definition) is 1. The average molecular weight is 432 g/mol. The van der Waals surface area contributed by atoms with Gasteiger partial charge in [-0.05, 0) is 38.2 Å². The summed E-state index contributed by atoms with van der Waals surface area (Å²) in [5.41, 5.74) is 1.51. The number of aliphatic hydroxyl groups is 1. The summed E-state index contributed by atoms with van der Waals surface area (Å²) in [5, 5.41) is 11.1. The number of piperazine rings is 1. The zero-order valence-electron chi connectivity index (χ0n) is 18.0. The molecule has 2 aromatic rings. The van der Waals surface area contributed by atoms with Gasteiger partial charge < -0.3 is 14.7 Å². The monoisotopic (exact) mass is 431 g/mol. The topological polar surface area (TPSA) is 65.0 Å². The van der Waals surface area contributed by atoms with Crippen LogP contribution in [0.3, 0.4) is 0 Å². The van der Waals surface area contributed by atoms with Crippen molar-refractivity contribution in [2.45, 2.75) is 45.3 Å². The van der Waals surface area contributed by atoms with Crippen LogP contribution >= 0.6 is 11.3 Å². The van der Waals surface area contributed by atoms with Crippen molar-refractivity contribution in [3.63, 3.8) is 0 Å². The van der Waals surface area contributed by atoms with Crippen LogP contribution in [0.4, 0.5) is 5.82 Å². The number of aromatic nitrogens is 2. The summed E-state index contributed by atoms with van der Waals surface area (Å²) in [5.74, 6) is 2.10. The van der Waals surface area contributed by atoms with E-state index in [1.165, 1.54) is 39.9 Å². The molecular weight excluding hydrogens is 398 g/mol. The molecule has 4 heterocycles. The highest BCUT2D eigenvalue weighted by Crippen LogP contribution is 2.40. The molecule has 3 aliphatic rings. The number of fused-ring (bicyclic) bond motifs is 3. The summed E-state index contributed by atoms with van der Waals surface area (Å²) in [4.78, 5) is 20.1. The number of aryl methyl sites for hydroxylation is 2. The van der Waals surface area contributed by atoms with Crippen molar-refractivity contribution in [2.75, 3.05) is 63.9 Å². The molecule has 164 valence electrons. The Morgan fingerprint density at radius 1 is 1.00 bits per heavy atom. The predicted octanol–water partition coefficient (Wildman–Crippen LogP) is 1.91. The summed E-state index contributed by atoms with van der Waals surface area (Å²) < 4.78 is 5.51. The predicted molar refractivity (Wildman–Crippen MR) is 120 cm³/mol. The van der Waals surface area contributed by atoms with Gasteiger partial charge in [-0.15, -0.1) is 11.3 Å². The molecule has 0 spiro atoms. The Labute approximate surface area is 182 Å². The first-order chi connectivity index (χ1) is 14.7. The van der Waals surface area contributed by atoms with E-state index in [9.17, 15) is 5.11 Å². The molecule has 1 N–H and O–H groups in total. The van der Waals surface area contributed by atoms with Crippen molar-refractivity contribution in [2.24, 2.45) is 0 Å². The zero-order chi connectivity index (χ0) is 20.5. The minimum atomic E-state index is -0.272. The van der Waals surface area contributed by atoms with E-state index in [0.717, 1.165) is 83.6 Å². The summed E-state index contributed by atoms with van der Waals surface area (Å²) >= 11 is 1.90. The molecule has 0 unspecified atom stereocenters. The van der Waals surface area contributed by atoms with Gasteiger partial charge in [0, 0.05) is 50.7 Å². The SMILES string of the molecule is C[C@@H](O)CN1CCN(c2nc(CN3CCOCC3)nc3sc4c(c23)CCCC4)CC1. The van der Waals surface area contributed by atoms with Crippen molar-refractivity contribution < 1.29 is 9.84 Å². The standard InChI is InChI=1S/C22H33N5O2S/c1-16(28)14-25-6-8-27(9-7-25)21-20-17-4-2-3-5-18(17)30-22(20)24-19(23-21)15-26-10-12-29-13-11-26/h16,28H,2-15H2,1H3/t16-/m1/s1. The molecule has 2 aliphatic heterocycles. The van der Waals surface area contributed by atoms with Gasteiger partial charge in [-0.25, -0.2) is 9.97 Å². The minimum absolute atomic E-state index is 0.272. The van der Waals surface area contributed by atoms with Gasteiger partial charge in [0.1, 0.15) is 16.5 Å². The van der Waals surface area contributed by atoms with Gasteiger partial charge >= 0.3 is 0 Å². The second-order valence-electron chi connectivity index (χ2n) is 8.88. The van der Waals surface area contributed by atoms with E-state index in [0.29, 0.717) is 0 Å². The summed E-state index contributed by atoms with van der Waals surface area (Å²) in [6.45, 7) is 10.8. The molecule has 30 heavy (non-hydrogen) atoms. The lowest BCUT2D eigenvalue weighted by molar-refractivity contribution is 0.0331. The van der Waals surface area contributed by atoms with Crippen LogP contribution in [0.15, 0.2) is 0 Å². The van der Waals surface area contributed by atoms with Crippen molar-refractivity contribution in [1.29, 1.82) is 0 Å². The smallest absolute Gasteiger partial charge is 0.146 e. The molecule has 5 rings (SSSR count). The van der Waals surface area contributed by atoms with Gasteiger partial charge in [-0.2, -0.15) is 0 Å². The molecular formula is C22H33N5O2S. The number of thiophene rings is 1. The van der Waals surface area contributed by atoms with Gasteiger partial charge in [-0.3, -0.25) is 9.80 Å². The Morgan fingerprint density at radius 2 is 1.77 bits per heavy atom. The first kappa shape index (κ1) is 20.6. The molecule has 8 heteroatoms. The molecule has 1 aliphatic carbocycles. The number of ether oxygens (including phenoxy) is 1. The van der Waals surface area contributed by atoms with Crippen LogP contribution in [-0.4, -0.2) is 90.0 Å². The highest BCUT2D eigenvalue weighted by molar-refractivity contribution is 7.19. The Morgan fingerprint density at radius 3 is 2.53 bits per heavy atom. The van der Waals surface area contributed by atoms with Crippen LogP contribution in [0, 0.1) is 0 Å². The van der Waals surface area contributed by atoms with Crippen molar-refractivity contribution in [3.8, 4) is 0 Å². The Kier molecular flexibility index (Phi) is 6.20. The number of hydrogen-bond acceptors (Lipinski definition) is 8. The van der Waals surface area contributed by atoms with Crippen LogP contribution in [0.1, 0.15) is 36.0 Å². The summed E-state index contributed by atoms with van der Waals surface area (Å²) in [6.07, 6.45) is 4.65. The van der Waals surface area contributed by atoms with Crippen molar-refractivity contribution in [1.82, 2.24) is 19.8 Å². The molecule has 2 fully saturated rings. The number of morpholine rings is 1. The maximum absolute atomic E-state index is 9.74. The lowest BCUT2D eigenvalue weighted by Crippen LogP contribution is -2.48. The number of β-amino-alcohol motifs (C(OH)–C–C–N with tert-alkyl or cyclic N) is 1. The van der Waals surface area contributed by atoms with Crippen molar-refractivity contribution in [3.05, 3.63) is 16.3 Å². The van der Waals surface area contributed by atoms with Crippen LogP contribution in [0.2, 0.25) is 0 Å². The van der Waals surface area contributed by atoms with Crippen LogP contribution in [0.25, 0.3) is 10.2 Å². The van der Waals surface area contributed by atoms with E-state index in [1.807, 2.05) is 18.3 Å². The second-order valence-corrected chi connectivity index (χ2v) is 9.96. The van der Waals surface area contributed by atoms with E-state index in [4.69, 9.17) is 14.7 Å². The number of nitrogens with zero attached hydrogens (tertiary/aromatic N) is 5. The van der Waals surface area contributed by atoms with E-state index in [2.05, 4.69) is 14.7 Å². The third-order valence-corrected chi connectivity index (χ3v) is 7.69. The number of anilines is 1. The van der Waals surface area contributed by atoms with E-state index in [-0.39, 0.29) is 6.10 Å². The quantitative estimate of drug-likeness (QED) is 0.776. The number of aliphatic hydroxyl groups excluding tert-OH is 1. The van der Waals surface area contributed by atoms with Crippen LogP contribution < -0.4 is 4.90 Å². The first-order valence-corrected chi connectivity index (χ1v) is 12.3. The van der Waals surface area contributed by atoms with Gasteiger partial charge in [0.25, 0.3) is 0 Å². The Bertz CT molecular complexity index is 872. The largest absolute Gasteiger partial charge is 0.392 e. The highest BCUT2D eigenvalue weighted by atomic mass is 32.1. The van der Waals surface area contributed by atoms with Gasteiger partial charge in [0.2, 0.25) is 0 Å². The fourth-order valence-electron chi connectivity index (χ4n) is 4.96. The van der Waals surface area contributed by atoms with Gasteiger partial charge in [-0.1, -0.05) is 0 Å². The van der Waals surface area contributed by atoms with Gasteiger partial charge in [0.15, 0.2) is 0 Å². The molecule has 0 saturated carbocycles. The molecule has 0 amide bonds. The fourth-order valence-corrected chi connectivity index (χ4v) is 6.23. The zero-order valence-corrected chi connectivity index (χ0v) is 18.8. The molecule has 0 aromatic carbocycles. The molecule has 0 bridgehead atoms. The van der Waals surface area contributed by atoms with Crippen LogP contribution in [-0.2, 0) is 24.1 Å².